The standard InChI is InChI=1S/C22H25ClN2O4S/c1-29-21-10-9-17(12-18(21)23)25-20-15-30(27,28)14-19(20)24(13-22(25)26)11-5-8-16-6-3-2-4-7-16/h2-4,6-7,9-10,12,19-20H,5,8,11,13-15H2,1H3. The van der Waals surface area contributed by atoms with Crippen molar-refractivity contribution in [1.82, 2.24) is 4.90 Å². The molecule has 2 atom stereocenters. The Balaban J connectivity index is 1.54. The molecule has 0 aromatic heterocycles. The molecule has 2 unspecified atom stereocenters. The van der Waals surface area contributed by atoms with Gasteiger partial charge in [-0.2, -0.15) is 0 Å². The second-order valence-corrected chi connectivity index (χ2v) is 10.4. The number of benzene rings is 2. The van der Waals surface area contributed by atoms with Gasteiger partial charge in [0, 0.05) is 11.7 Å². The van der Waals surface area contributed by atoms with E-state index in [1.807, 2.05) is 23.1 Å². The summed E-state index contributed by atoms with van der Waals surface area (Å²) in [6.07, 6.45) is 1.77. The summed E-state index contributed by atoms with van der Waals surface area (Å²) < 4.78 is 30.1. The number of amides is 1. The zero-order chi connectivity index (χ0) is 21.3. The lowest BCUT2D eigenvalue weighted by Gasteiger charge is -2.43. The highest BCUT2D eigenvalue weighted by atomic mass is 35.5. The molecular weight excluding hydrogens is 424 g/mol. The summed E-state index contributed by atoms with van der Waals surface area (Å²) in [7, 11) is -1.69. The summed E-state index contributed by atoms with van der Waals surface area (Å²) in [4.78, 5) is 16.7. The molecule has 0 radical (unpaired) electrons. The fourth-order valence-electron chi connectivity index (χ4n) is 4.47. The highest BCUT2D eigenvalue weighted by Crippen LogP contribution is 2.35. The molecular formula is C22H25ClN2O4S. The van der Waals surface area contributed by atoms with Crippen LogP contribution in [0.15, 0.2) is 48.5 Å². The van der Waals surface area contributed by atoms with E-state index in [9.17, 15) is 13.2 Å². The van der Waals surface area contributed by atoms with Gasteiger partial charge in [0.15, 0.2) is 9.84 Å². The highest BCUT2D eigenvalue weighted by molar-refractivity contribution is 7.91. The van der Waals surface area contributed by atoms with Crippen molar-refractivity contribution in [2.45, 2.75) is 24.9 Å². The van der Waals surface area contributed by atoms with Crippen LogP contribution in [0.3, 0.4) is 0 Å². The number of rotatable bonds is 6. The topological polar surface area (TPSA) is 66.9 Å². The Hall–Kier alpha value is -2.09. The molecule has 0 spiro atoms. The highest BCUT2D eigenvalue weighted by Gasteiger charge is 2.49. The molecule has 2 aromatic rings. The van der Waals surface area contributed by atoms with E-state index in [1.165, 1.54) is 12.7 Å². The van der Waals surface area contributed by atoms with Gasteiger partial charge >= 0.3 is 0 Å². The summed E-state index contributed by atoms with van der Waals surface area (Å²) in [5.74, 6) is 0.469. The number of hydrogen-bond acceptors (Lipinski definition) is 5. The molecule has 2 saturated heterocycles. The average Bonchev–Trinajstić information content (AvgIpc) is 3.04. The van der Waals surface area contributed by atoms with Gasteiger partial charge in [0.05, 0.1) is 36.2 Å². The summed E-state index contributed by atoms with van der Waals surface area (Å²) in [5.41, 5.74) is 1.85. The number of carbonyl (C=O) groups is 1. The van der Waals surface area contributed by atoms with Crippen LogP contribution in [-0.4, -0.2) is 63.0 Å². The number of anilines is 1. The van der Waals surface area contributed by atoms with E-state index in [4.69, 9.17) is 16.3 Å². The lowest BCUT2D eigenvalue weighted by molar-refractivity contribution is -0.123. The Morgan fingerprint density at radius 2 is 1.83 bits per heavy atom. The first-order valence-electron chi connectivity index (χ1n) is 10.0. The van der Waals surface area contributed by atoms with E-state index in [0.717, 1.165) is 12.8 Å². The first kappa shape index (κ1) is 21.2. The molecule has 0 N–H and O–H groups in total. The molecule has 2 heterocycles. The van der Waals surface area contributed by atoms with Gasteiger partial charge in [-0.15, -0.1) is 0 Å². The smallest absolute Gasteiger partial charge is 0.241 e. The average molecular weight is 449 g/mol. The van der Waals surface area contributed by atoms with Gasteiger partial charge in [-0.05, 0) is 43.1 Å². The van der Waals surface area contributed by atoms with Gasteiger partial charge < -0.3 is 9.64 Å². The minimum Gasteiger partial charge on any atom is -0.495 e. The van der Waals surface area contributed by atoms with Gasteiger partial charge in [0.2, 0.25) is 5.91 Å². The molecule has 2 aliphatic rings. The summed E-state index contributed by atoms with van der Waals surface area (Å²) in [5, 5.41) is 0.394. The number of nitrogens with zero attached hydrogens (tertiary/aromatic N) is 2. The zero-order valence-corrected chi connectivity index (χ0v) is 18.4. The molecule has 2 aliphatic heterocycles. The Bertz CT molecular complexity index is 1030. The lowest BCUT2D eigenvalue weighted by Crippen LogP contribution is -2.62. The number of aryl methyl sites for hydroxylation is 1. The molecule has 8 heteroatoms. The van der Waals surface area contributed by atoms with Crippen LogP contribution in [-0.2, 0) is 21.1 Å². The van der Waals surface area contributed by atoms with E-state index in [-0.39, 0.29) is 30.0 Å². The third-order valence-corrected chi connectivity index (χ3v) is 7.86. The second kappa shape index (κ2) is 8.57. The Labute approximate surface area is 182 Å². The van der Waals surface area contributed by atoms with Gasteiger partial charge in [-0.3, -0.25) is 9.69 Å². The van der Waals surface area contributed by atoms with E-state index in [0.29, 0.717) is 23.0 Å². The molecule has 0 aliphatic carbocycles. The minimum atomic E-state index is -3.22. The third kappa shape index (κ3) is 4.33. The predicted octanol–water partition coefficient (Wildman–Crippen LogP) is 2.80. The fraction of sp³-hybridized carbons (Fsp3) is 0.409. The van der Waals surface area contributed by atoms with Crippen molar-refractivity contribution in [3.05, 3.63) is 59.1 Å². The van der Waals surface area contributed by atoms with E-state index >= 15 is 0 Å². The number of hydrogen-bond donors (Lipinski definition) is 0. The number of ether oxygens (including phenoxy) is 1. The number of methoxy groups -OCH3 is 1. The molecule has 0 saturated carbocycles. The van der Waals surface area contributed by atoms with Crippen LogP contribution in [0.5, 0.6) is 5.75 Å². The number of halogens is 1. The maximum atomic E-state index is 13.1. The number of fused-ring (bicyclic) bond motifs is 1. The van der Waals surface area contributed by atoms with Crippen molar-refractivity contribution < 1.29 is 17.9 Å². The fourth-order valence-corrected chi connectivity index (χ4v) is 6.71. The first-order chi connectivity index (χ1) is 14.4. The van der Waals surface area contributed by atoms with Gasteiger partial charge in [0.25, 0.3) is 0 Å². The molecule has 6 nitrogen and oxygen atoms in total. The molecule has 30 heavy (non-hydrogen) atoms. The second-order valence-electron chi connectivity index (χ2n) is 7.85. The Morgan fingerprint density at radius 1 is 1.10 bits per heavy atom. The Morgan fingerprint density at radius 3 is 2.53 bits per heavy atom. The monoisotopic (exact) mass is 448 g/mol. The summed E-state index contributed by atoms with van der Waals surface area (Å²) >= 11 is 6.26. The van der Waals surface area contributed by atoms with E-state index in [2.05, 4.69) is 12.1 Å². The first-order valence-corrected chi connectivity index (χ1v) is 12.2. The van der Waals surface area contributed by atoms with Gasteiger partial charge in [0.1, 0.15) is 5.75 Å². The zero-order valence-electron chi connectivity index (χ0n) is 16.8. The van der Waals surface area contributed by atoms with E-state index in [1.54, 1.807) is 23.1 Å². The van der Waals surface area contributed by atoms with Crippen LogP contribution in [0.2, 0.25) is 5.02 Å². The van der Waals surface area contributed by atoms with Gasteiger partial charge in [-0.25, -0.2) is 8.42 Å². The molecule has 2 aromatic carbocycles. The quantitative estimate of drug-likeness (QED) is 0.679. The lowest BCUT2D eigenvalue weighted by atomic mass is 10.0. The normalized spacial score (nSPS) is 23.4. The minimum absolute atomic E-state index is 0.0256. The summed E-state index contributed by atoms with van der Waals surface area (Å²) in [6, 6.07) is 14.7. The Kier molecular flexibility index (Phi) is 6.04. The summed E-state index contributed by atoms with van der Waals surface area (Å²) in [6.45, 7) is 0.893. The van der Waals surface area contributed by atoms with Crippen molar-refractivity contribution in [3.8, 4) is 5.75 Å². The van der Waals surface area contributed by atoms with Crippen molar-refractivity contribution in [1.29, 1.82) is 0 Å². The largest absolute Gasteiger partial charge is 0.495 e. The van der Waals surface area contributed by atoms with Crippen LogP contribution in [0.25, 0.3) is 0 Å². The van der Waals surface area contributed by atoms with Crippen molar-refractivity contribution in [2.24, 2.45) is 0 Å². The number of sulfone groups is 1. The molecule has 0 bridgehead atoms. The molecule has 2 fully saturated rings. The SMILES string of the molecule is COc1ccc(N2C(=O)CN(CCCc3ccccc3)C3CS(=O)(=O)CC32)cc1Cl. The molecule has 4 rings (SSSR count). The van der Waals surface area contributed by atoms with Crippen LogP contribution in [0.1, 0.15) is 12.0 Å². The van der Waals surface area contributed by atoms with Crippen LogP contribution in [0.4, 0.5) is 5.69 Å². The van der Waals surface area contributed by atoms with Gasteiger partial charge in [-0.1, -0.05) is 41.9 Å². The van der Waals surface area contributed by atoms with Crippen molar-refractivity contribution in [2.75, 3.05) is 36.6 Å². The van der Waals surface area contributed by atoms with Crippen LogP contribution < -0.4 is 9.64 Å². The third-order valence-electron chi connectivity index (χ3n) is 5.87. The number of piperazine rings is 1. The molecule has 1 amide bonds. The van der Waals surface area contributed by atoms with Crippen molar-refractivity contribution >= 4 is 33.0 Å². The maximum Gasteiger partial charge on any atom is 0.241 e. The predicted molar refractivity (Wildman–Crippen MR) is 118 cm³/mol. The van der Waals surface area contributed by atoms with Crippen molar-refractivity contribution in [3.63, 3.8) is 0 Å². The van der Waals surface area contributed by atoms with Crippen LogP contribution in [0, 0.1) is 0 Å². The maximum absolute atomic E-state index is 13.1. The number of carbonyl (C=O) groups excluding carboxylic acids is 1. The molecule has 160 valence electrons. The van der Waals surface area contributed by atoms with Crippen LogP contribution >= 0.6 is 11.6 Å². The van der Waals surface area contributed by atoms with E-state index < -0.39 is 15.9 Å².